The molecule has 0 heterocycles. The molecule has 24 heavy (non-hydrogen) atoms. The summed E-state index contributed by atoms with van der Waals surface area (Å²) in [5, 5.41) is 6.69. The predicted molar refractivity (Wildman–Crippen MR) is 96.0 cm³/mol. The van der Waals surface area contributed by atoms with Crippen LogP contribution in [0, 0.1) is 13.8 Å². The first kappa shape index (κ1) is 17.4. The molecule has 0 unspecified atom stereocenters. The third-order valence-electron chi connectivity index (χ3n) is 3.48. The molecule has 0 aliphatic carbocycles. The van der Waals surface area contributed by atoms with Crippen LogP contribution in [0.15, 0.2) is 53.6 Å². The minimum Gasteiger partial charge on any atom is -0.326 e. The summed E-state index contributed by atoms with van der Waals surface area (Å²) >= 11 is 0. The van der Waals surface area contributed by atoms with Crippen LogP contribution in [0.5, 0.6) is 0 Å². The highest BCUT2D eigenvalue weighted by molar-refractivity contribution is 5.94. The van der Waals surface area contributed by atoms with E-state index in [4.69, 9.17) is 0 Å². The number of nitrogens with zero attached hydrogens (tertiary/aromatic N) is 1. The average Bonchev–Trinajstić information content (AvgIpc) is 2.57. The quantitative estimate of drug-likeness (QED) is 0.633. The van der Waals surface area contributed by atoms with Gasteiger partial charge >= 0.3 is 0 Å². The van der Waals surface area contributed by atoms with Crippen molar-refractivity contribution in [1.82, 2.24) is 5.43 Å². The summed E-state index contributed by atoms with van der Waals surface area (Å²) in [7, 11) is 0. The summed E-state index contributed by atoms with van der Waals surface area (Å²) in [6, 6.07) is 15.3. The van der Waals surface area contributed by atoms with Crippen molar-refractivity contribution in [3.05, 3.63) is 65.2 Å². The van der Waals surface area contributed by atoms with Crippen molar-refractivity contribution in [1.29, 1.82) is 0 Å². The second-order valence-corrected chi connectivity index (χ2v) is 5.57. The van der Waals surface area contributed by atoms with Gasteiger partial charge in [0.25, 0.3) is 0 Å². The molecular weight excluding hydrogens is 302 g/mol. The Morgan fingerprint density at radius 3 is 2.33 bits per heavy atom. The van der Waals surface area contributed by atoms with E-state index in [1.807, 2.05) is 62.4 Å². The second-order valence-electron chi connectivity index (χ2n) is 5.57. The number of anilines is 1. The molecule has 2 aromatic rings. The molecule has 2 rings (SSSR count). The summed E-state index contributed by atoms with van der Waals surface area (Å²) in [6.45, 7) is 3.92. The van der Waals surface area contributed by atoms with Gasteiger partial charge in [-0.1, -0.05) is 48.0 Å². The number of hydrazone groups is 1. The fourth-order valence-corrected chi connectivity index (χ4v) is 2.04. The van der Waals surface area contributed by atoms with Crippen molar-refractivity contribution in [3.63, 3.8) is 0 Å². The molecule has 0 aliphatic rings. The Kier molecular flexibility index (Phi) is 6.25. The molecule has 0 bridgehead atoms. The smallest absolute Gasteiger partial charge is 0.240 e. The summed E-state index contributed by atoms with van der Waals surface area (Å²) in [6.07, 6.45) is 1.77. The first-order chi connectivity index (χ1) is 11.5. The summed E-state index contributed by atoms with van der Waals surface area (Å²) in [5.74, 6) is -0.486. The van der Waals surface area contributed by atoms with Crippen LogP contribution in [-0.4, -0.2) is 18.0 Å². The number of amides is 2. The lowest BCUT2D eigenvalue weighted by Gasteiger charge is -2.07. The van der Waals surface area contributed by atoms with Gasteiger partial charge in [0.2, 0.25) is 11.8 Å². The molecule has 124 valence electrons. The van der Waals surface area contributed by atoms with Crippen LogP contribution in [0.1, 0.15) is 29.5 Å². The van der Waals surface area contributed by atoms with Crippen LogP contribution in [0.25, 0.3) is 0 Å². The van der Waals surface area contributed by atoms with Crippen molar-refractivity contribution in [2.24, 2.45) is 5.10 Å². The zero-order chi connectivity index (χ0) is 17.4. The van der Waals surface area contributed by atoms with Gasteiger partial charge in [-0.3, -0.25) is 9.59 Å². The molecule has 0 aliphatic heterocycles. The zero-order valence-corrected chi connectivity index (χ0v) is 13.9. The van der Waals surface area contributed by atoms with E-state index < -0.39 is 0 Å². The monoisotopic (exact) mass is 323 g/mol. The van der Waals surface area contributed by atoms with E-state index in [9.17, 15) is 9.59 Å². The van der Waals surface area contributed by atoms with Crippen molar-refractivity contribution in [2.75, 3.05) is 5.32 Å². The third kappa shape index (κ3) is 5.68. The van der Waals surface area contributed by atoms with Crippen molar-refractivity contribution in [3.8, 4) is 0 Å². The number of hydrogen-bond acceptors (Lipinski definition) is 3. The molecule has 5 nitrogen and oxygen atoms in total. The normalized spacial score (nSPS) is 10.6. The van der Waals surface area contributed by atoms with Crippen LogP contribution in [-0.2, 0) is 9.59 Å². The van der Waals surface area contributed by atoms with Crippen LogP contribution in [0.3, 0.4) is 0 Å². The Bertz CT molecular complexity index is 737. The molecule has 2 N–H and O–H groups in total. The maximum atomic E-state index is 11.9. The lowest BCUT2D eigenvalue weighted by atomic mass is 10.2. The Morgan fingerprint density at radius 2 is 1.62 bits per heavy atom. The first-order valence-corrected chi connectivity index (χ1v) is 7.78. The Balaban J connectivity index is 1.73. The van der Waals surface area contributed by atoms with Gasteiger partial charge in [-0.2, -0.15) is 5.10 Å². The Labute approximate surface area is 141 Å². The second kappa shape index (κ2) is 8.62. The molecule has 2 amide bonds. The van der Waals surface area contributed by atoms with E-state index >= 15 is 0 Å². The van der Waals surface area contributed by atoms with E-state index in [0.717, 1.165) is 22.4 Å². The van der Waals surface area contributed by atoms with Crippen LogP contribution in [0.4, 0.5) is 5.69 Å². The number of benzene rings is 2. The van der Waals surface area contributed by atoms with E-state index in [1.165, 1.54) is 0 Å². The van der Waals surface area contributed by atoms with Gasteiger partial charge in [0.15, 0.2) is 0 Å². The highest BCUT2D eigenvalue weighted by atomic mass is 16.2. The average molecular weight is 323 g/mol. The Hall–Kier alpha value is -2.95. The topological polar surface area (TPSA) is 70.6 Å². The summed E-state index contributed by atoms with van der Waals surface area (Å²) < 4.78 is 0. The lowest BCUT2D eigenvalue weighted by molar-refractivity contribution is -0.124. The summed E-state index contributed by atoms with van der Waals surface area (Å²) in [4.78, 5) is 23.6. The number of para-hydroxylation sites is 1. The van der Waals surface area contributed by atoms with Gasteiger partial charge in [-0.15, -0.1) is 0 Å². The van der Waals surface area contributed by atoms with Gasteiger partial charge in [0.05, 0.1) is 6.21 Å². The van der Waals surface area contributed by atoms with Gasteiger partial charge in [0.1, 0.15) is 0 Å². The number of aryl methyl sites for hydroxylation is 2. The van der Waals surface area contributed by atoms with Gasteiger partial charge < -0.3 is 5.32 Å². The molecule has 0 atom stereocenters. The molecular formula is C19H21N3O2. The third-order valence-corrected chi connectivity index (χ3v) is 3.48. The predicted octanol–water partition coefficient (Wildman–Crippen LogP) is 3.17. The standard InChI is InChI=1S/C19H21N3O2/c1-14-7-9-16(10-8-14)13-20-22-19(24)12-11-18(23)21-17-6-4-3-5-15(17)2/h3-10,13H,11-12H2,1-2H3,(H,21,23)(H,22,24). The van der Waals surface area contributed by atoms with Gasteiger partial charge in [-0.05, 0) is 31.0 Å². The largest absolute Gasteiger partial charge is 0.326 e. The molecule has 0 aromatic heterocycles. The van der Waals surface area contributed by atoms with Crippen LogP contribution >= 0.6 is 0 Å². The van der Waals surface area contributed by atoms with E-state index in [0.29, 0.717) is 0 Å². The van der Waals surface area contributed by atoms with E-state index in [-0.39, 0.29) is 24.7 Å². The lowest BCUT2D eigenvalue weighted by Crippen LogP contribution is -2.20. The molecule has 0 spiro atoms. The molecule has 0 saturated heterocycles. The fraction of sp³-hybridized carbons (Fsp3) is 0.211. The molecule has 0 saturated carbocycles. The number of nitrogens with one attached hydrogen (secondary N) is 2. The Morgan fingerprint density at radius 1 is 0.958 bits per heavy atom. The highest BCUT2D eigenvalue weighted by Crippen LogP contribution is 2.13. The van der Waals surface area contributed by atoms with Crippen LogP contribution in [0.2, 0.25) is 0 Å². The van der Waals surface area contributed by atoms with Crippen molar-refractivity contribution < 1.29 is 9.59 Å². The molecule has 0 radical (unpaired) electrons. The zero-order valence-electron chi connectivity index (χ0n) is 13.9. The number of carbonyl (C=O) groups excluding carboxylic acids is 2. The van der Waals surface area contributed by atoms with Crippen molar-refractivity contribution in [2.45, 2.75) is 26.7 Å². The summed E-state index contributed by atoms with van der Waals surface area (Å²) in [5.41, 5.74) is 6.24. The molecule has 0 fully saturated rings. The van der Waals surface area contributed by atoms with E-state index in [2.05, 4.69) is 15.8 Å². The van der Waals surface area contributed by atoms with Gasteiger partial charge in [0, 0.05) is 18.5 Å². The maximum absolute atomic E-state index is 11.9. The number of carbonyl (C=O) groups is 2. The van der Waals surface area contributed by atoms with Crippen molar-refractivity contribution >= 4 is 23.7 Å². The SMILES string of the molecule is Cc1ccc(C=NNC(=O)CCC(=O)Nc2ccccc2C)cc1. The van der Waals surface area contributed by atoms with Gasteiger partial charge in [-0.25, -0.2) is 5.43 Å². The highest BCUT2D eigenvalue weighted by Gasteiger charge is 2.07. The first-order valence-electron chi connectivity index (χ1n) is 7.78. The van der Waals surface area contributed by atoms with E-state index in [1.54, 1.807) is 6.21 Å². The molecule has 5 heteroatoms. The minimum atomic E-state index is -0.293. The molecule has 2 aromatic carbocycles. The maximum Gasteiger partial charge on any atom is 0.240 e. The fourth-order valence-electron chi connectivity index (χ4n) is 2.04. The number of hydrogen-bond donors (Lipinski definition) is 2. The van der Waals surface area contributed by atoms with Crippen LogP contribution < -0.4 is 10.7 Å². The minimum absolute atomic E-state index is 0.0863. The number of rotatable bonds is 6.